The molecular weight excluding hydrogens is 254 g/mol. The third kappa shape index (κ3) is 3.37. The van der Waals surface area contributed by atoms with Crippen molar-refractivity contribution in [1.82, 2.24) is 25.5 Å². The minimum absolute atomic E-state index is 0.107. The van der Waals surface area contributed by atoms with E-state index in [9.17, 15) is 9.59 Å². The molecule has 0 unspecified atom stereocenters. The van der Waals surface area contributed by atoms with Crippen molar-refractivity contribution in [3.05, 3.63) is 29.4 Å². The number of aromatic nitrogens is 4. The van der Waals surface area contributed by atoms with E-state index < -0.39 is 11.9 Å². The Morgan fingerprint density at radius 2 is 2.32 bits per heavy atom. The van der Waals surface area contributed by atoms with Crippen molar-refractivity contribution in [2.24, 2.45) is 0 Å². The molecule has 0 saturated heterocycles. The first-order chi connectivity index (χ1) is 9.04. The fraction of sp³-hybridized carbons (Fsp3) is 0.300. The number of hydrogen-bond acceptors (Lipinski definition) is 6. The first kappa shape index (κ1) is 12.7. The van der Waals surface area contributed by atoms with Crippen LogP contribution in [0.1, 0.15) is 21.9 Å². The second-order valence-corrected chi connectivity index (χ2v) is 3.82. The number of aliphatic carboxylic acids is 1. The van der Waals surface area contributed by atoms with Crippen molar-refractivity contribution in [2.75, 3.05) is 0 Å². The number of carbonyl (C=O) groups excluding carboxylic acids is 1. The van der Waals surface area contributed by atoms with Gasteiger partial charge in [-0.3, -0.25) is 9.59 Å². The van der Waals surface area contributed by atoms with Crippen molar-refractivity contribution in [3.8, 4) is 0 Å². The molecule has 2 N–H and O–H groups in total. The molecule has 2 aromatic rings. The molecule has 9 heteroatoms. The van der Waals surface area contributed by atoms with Crippen LogP contribution in [0.25, 0.3) is 0 Å². The number of nitrogens with zero attached hydrogens (tertiary/aromatic N) is 4. The highest BCUT2D eigenvalue weighted by molar-refractivity contribution is 5.91. The van der Waals surface area contributed by atoms with Gasteiger partial charge in [0.2, 0.25) is 5.76 Å². The lowest BCUT2D eigenvalue weighted by atomic mass is 10.3. The summed E-state index contributed by atoms with van der Waals surface area (Å²) in [7, 11) is 0. The minimum Gasteiger partial charge on any atom is -0.480 e. The summed E-state index contributed by atoms with van der Waals surface area (Å²) < 4.78 is 5.96. The van der Waals surface area contributed by atoms with Gasteiger partial charge in [-0.05, 0) is 6.92 Å². The largest absolute Gasteiger partial charge is 0.480 e. The highest BCUT2D eigenvalue weighted by atomic mass is 16.5. The van der Waals surface area contributed by atoms with Crippen molar-refractivity contribution in [3.63, 3.8) is 0 Å². The predicted molar refractivity (Wildman–Crippen MR) is 60.1 cm³/mol. The molecule has 19 heavy (non-hydrogen) atoms. The van der Waals surface area contributed by atoms with Crippen molar-refractivity contribution in [2.45, 2.75) is 20.0 Å². The van der Waals surface area contributed by atoms with Gasteiger partial charge in [-0.25, -0.2) is 4.68 Å². The molecule has 0 radical (unpaired) electrons. The fourth-order valence-corrected chi connectivity index (χ4v) is 1.36. The van der Waals surface area contributed by atoms with Crippen LogP contribution in [-0.2, 0) is 17.9 Å². The SMILES string of the molecule is Cc1cc(C(=O)NCc2cn(CC(=O)O)nn2)on1. The van der Waals surface area contributed by atoms with Crippen LogP contribution in [0.4, 0.5) is 0 Å². The lowest BCUT2D eigenvalue weighted by molar-refractivity contribution is -0.137. The maximum atomic E-state index is 11.6. The summed E-state index contributed by atoms with van der Waals surface area (Å²) in [5, 5.41) is 22.1. The summed E-state index contributed by atoms with van der Waals surface area (Å²) in [5.41, 5.74) is 1.06. The highest BCUT2D eigenvalue weighted by Gasteiger charge is 2.12. The van der Waals surface area contributed by atoms with Gasteiger partial charge in [0.15, 0.2) is 0 Å². The number of aryl methyl sites for hydroxylation is 1. The van der Waals surface area contributed by atoms with E-state index in [1.165, 1.54) is 16.9 Å². The Hall–Kier alpha value is -2.71. The van der Waals surface area contributed by atoms with Crippen LogP contribution in [-0.4, -0.2) is 37.1 Å². The van der Waals surface area contributed by atoms with E-state index in [1.54, 1.807) is 6.92 Å². The molecule has 1 amide bonds. The van der Waals surface area contributed by atoms with Crippen molar-refractivity contribution < 1.29 is 19.2 Å². The number of carboxylic acid groups (broad SMARTS) is 1. The number of carboxylic acids is 1. The maximum Gasteiger partial charge on any atom is 0.325 e. The van der Waals surface area contributed by atoms with Gasteiger partial charge in [-0.1, -0.05) is 10.4 Å². The highest BCUT2D eigenvalue weighted by Crippen LogP contribution is 2.02. The first-order valence-electron chi connectivity index (χ1n) is 5.37. The lowest BCUT2D eigenvalue weighted by Crippen LogP contribution is -2.22. The molecule has 9 nitrogen and oxygen atoms in total. The Labute approximate surface area is 107 Å². The summed E-state index contributed by atoms with van der Waals surface area (Å²) in [6.07, 6.45) is 1.44. The van der Waals surface area contributed by atoms with Crippen molar-refractivity contribution in [1.29, 1.82) is 0 Å². The molecule has 0 fully saturated rings. The standard InChI is InChI=1S/C10H11N5O4/c1-6-2-8(19-13-6)10(18)11-3-7-4-15(14-12-7)5-9(16)17/h2,4H,3,5H2,1H3,(H,11,18)(H,16,17). The Morgan fingerprint density at radius 3 is 2.95 bits per heavy atom. The predicted octanol–water partition coefficient (Wildman–Crippen LogP) is -0.411. The Bertz CT molecular complexity index is 603. The van der Waals surface area contributed by atoms with Gasteiger partial charge in [0.05, 0.1) is 18.4 Å². The normalized spacial score (nSPS) is 10.4. The summed E-state index contributed by atoms with van der Waals surface area (Å²) in [6, 6.07) is 1.51. The number of hydrogen-bond donors (Lipinski definition) is 2. The molecule has 2 aromatic heterocycles. The van der Waals surface area contributed by atoms with E-state index in [4.69, 9.17) is 9.63 Å². The Balaban J connectivity index is 1.90. The van der Waals surface area contributed by atoms with Crippen LogP contribution in [0.2, 0.25) is 0 Å². The minimum atomic E-state index is -1.02. The molecule has 0 spiro atoms. The molecule has 0 aromatic carbocycles. The van der Waals surface area contributed by atoms with E-state index >= 15 is 0 Å². The average molecular weight is 265 g/mol. The van der Waals surface area contributed by atoms with Crippen LogP contribution in [0.3, 0.4) is 0 Å². The molecule has 0 saturated carbocycles. The second kappa shape index (κ2) is 5.29. The average Bonchev–Trinajstić information content (AvgIpc) is 2.94. The van der Waals surface area contributed by atoms with Gasteiger partial charge in [0, 0.05) is 6.07 Å². The van der Waals surface area contributed by atoms with E-state index in [2.05, 4.69) is 20.8 Å². The zero-order valence-electron chi connectivity index (χ0n) is 10.0. The third-order valence-corrected chi connectivity index (χ3v) is 2.17. The number of carbonyl (C=O) groups is 2. The summed E-state index contributed by atoms with van der Waals surface area (Å²) in [4.78, 5) is 22.1. The topological polar surface area (TPSA) is 123 Å². The van der Waals surface area contributed by atoms with Crippen LogP contribution in [0.5, 0.6) is 0 Å². The van der Waals surface area contributed by atoms with Gasteiger partial charge in [0.25, 0.3) is 5.91 Å². The molecule has 0 aliphatic carbocycles. The number of nitrogens with one attached hydrogen (secondary N) is 1. The van der Waals surface area contributed by atoms with Crippen LogP contribution < -0.4 is 5.32 Å². The summed E-state index contributed by atoms with van der Waals surface area (Å²) in [6.45, 7) is 1.55. The Morgan fingerprint density at radius 1 is 1.53 bits per heavy atom. The zero-order chi connectivity index (χ0) is 13.8. The molecule has 0 aliphatic heterocycles. The summed E-state index contributed by atoms with van der Waals surface area (Å²) in [5.74, 6) is -1.33. The van der Waals surface area contributed by atoms with E-state index in [0.717, 1.165) is 0 Å². The van der Waals surface area contributed by atoms with E-state index in [0.29, 0.717) is 11.4 Å². The molecule has 0 atom stereocenters. The molecular formula is C10H11N5O4. The zero-order valence-corrected chi connectivity index (χ0v) is 10.0. The first-order valence-corrected chi connectivity index (χ1v) is 5.37. The fourth-order valence-electron chi connectivity index (χ4n) is 1.36. The van der Waals surface area contributed by atoms with Gasteiger partial charge >= 0.3 is 5.97 Å². The number of rotatable bonds is 5. The van der Waals surface area contributed by atoms with Crippen LogP contribution in [0.15, 0.2) is 16.8 Å². The lowest BCUT2D eigenvalue weighted by Gasteiger charge is -1.98. The van der Waals surface area contributed by atoms with Crippen molar-refractivity contribution >= 4 is 11.9 Å². The van der Waals surface area contributed by atoms with Crippen LogP contribution in [0, 0.1) is 6.92 Å². The molecule has 2 rings (SSSR count). The molecule has 2 heterocycles. The Kier molecular flexibility index (Phi) is 3.55. The molecule has 100 valence electrons. The van der Waals surface area contributed by atoms with Gasteiger partial charge < -0.3 is 14.9 Å². The van der Waals surface area contributed by atoms with Gasteiger partial charge in [-0.2, -0.15) is 0 Å². The second-order valence-electron chi connectivity index (χ2n) is 3.82. The number of amides is 1. The van der Waals surface area contributed by atoms with Gasteiger partial charge in [-0.15, -0.1) is 5.10 Å². The molecule has 0 aliphatic rings. The smallest absolute Gasteiger partial charge is 0.325 e. The monoisotopic (exact) mass is 265 g/mol. The van der Waals surface area contributed by atoms with E-state index in [1.807, 2.05) is 0 Å². The quantitative estimate of drug-likeness (QED) is 0.753. The summed E-state index contributed by atoms with van der Waals surface area (Å²) >= 11 is 0. The van der Waals surface area contributed by atoms with Crippen LogP contribution >= 0.6 is 0 Å². The third-order valence-electron chi connectivity index (χ3n) is 2.17. The molecule has 0 bridgehead atoms. The van der Waals surface area contributed by atoms with Gasteiger partial charge in [0.1, 0.15) is 12.2 Å². The maximum absolute atomic E-state index is 11.6. The van der Waals surface area contributed by atoms with E-state index in [-0.39, 0.29) is 18.8 Å².